The van der Waals surface area contributed by atoms with Crippen molar-refractivity contribution >= 4 is 23.2 Å². The average Bonchev–Trinajstić information content (AvgIpc) is 2.32. The lowest BCUT2D eigenvalue weighted by atomic mass is 9.85. The lowest BCUT2D eigenvalue weighted by Gasteiger charge is -2.40. The van der Waals surface area contributed by atoms with E-state index in [0.29, 0.717) is 12.0 Å². The van der Waals surface area contributed by atoms with Crippen LogP contribution in [0.25, 0.3) is 0 Å². The van der Waals surface area contributed by atoms with Crippen LogP contribution in [0.3, 0.4) is 0 Å². The first-order valence-corrected chi connectivity index (χ1v) is 7.19. The third-order valence-corrected chi connectivity index (χ3v) is 4.43. The molecule has 0 radical (unpaired) electrons. The number of likely N-dealkylation sites (tertiary alicyclic amines) is 1. The van der Waals surface area contributed by atoms with Gasteiger partial charge in [0, 0.05) is 21.7 Å². The number of rotatable bonds is 3. The van der Waals surface area contributed by atoms with Crippen LogP contribution in [0.2, 0.25) is 10.0 Å². The van der Waals surface area contributed by atoms with E-state index in [0.717, 1.165) is 28.7 Å². The van der Waals surface area contributed by atoms with E-state index < -0.39 is 0 Å². The zero-order chi connectivity index (χ0) is 13.1. The van der Waals surface area contributed by atoms with Gasteiger partial charge in [-0.2, -0.15) is 0 Å². The van der Waals surface area contributed by atoms with Gasteiger partial charge in [0.15, 0.2) is 0 Å². The minimum atomic E-state index is 0.312. The molecule has 1 aromatic carbocycles. The average molecular weight is 287 g/mol. The fourth-order valence-electron chi connectivity index (χ4n) is 2.98. The van der Waals surface area contributed by atoms with Crippen molar-refractivity contribution < 1.29 is 0 Å². The summed E-state index contributed by atoms with van der Waals surface area (Å²) in [4.78, 5) is 2.37. The van der Waals surface area contributed by atoms with Gasteiger partial charge in [0.1, 0.15) is 0 Å². The molecule has 1 saturated heterocycles. The number of piperidine rings is 1. The van der Waals surface area contributed by atoms with Crippen LogP contribution in [0.5, 0.6) is 0 Å². The first-order chi connectivity index (χ1) is 8.65. The molecule has 0 aliphatic carbocycles. The Bertz CT molecular complexity index is 387. The molecule has 2 unspecified atom stereocenters. The molecule has 2 rings (SSSR count). The molecule has 1 fully saturated rings. The fraction of sp³-hybridized carbons (Fsp3) is 0.571. The summed E-state index contributed by atoms with van der Waals surface area (Å²) < 4.78 is 0. The van der Waals surface area contributed by atoms with Crippen LogP contribution >= 0.6 is 23.2 Å². The Morgan fingerprint density at radius 3 is 2.61 bits per heavy atom. The Hall–Kier alpha value is -0.280. The Balaban J connectivity index is 2.37. The number of benzene rings is 1. The van der Waals surface area contributed by atoms with E-state index in [1.807, 2.05) is 25.2 Å². The molecule has 2 nitrogen and oxygen atoms in total. The highest BCUT2D eigenvalue weighted by molar-refractivity contribution is 6.36. The molecule has 4 heteroatoms. The first-order valence-electron chi connectivity index (χ1n) is 6.44. The van der Waals surface area contributed by atoms with Crippen molar-refractivity contribution in [1.29, 1.82) is 0 Å². The van der Waals surface area contributed by atoms with Gasteiger partial charge < -0.3 is 5.32 Å². The predicted octanol–water partition coefficient (Wildman–Crippen LogP) is 3.60. The molecule has 0 saturated carbocycles. The number of nitrogens with one attached hydrogen (secondary N) is 1. The Labute approximate surface area is 119 Å². The summed E-state index contributed by atoms with van der Waals surface area (Å²) >= 11 is 12.7. The minimum Gasteiger partial charge on any atom is -0.319 e. The Kier molecular flexibility index (Phi) is 4.91. The lowest BCUT2D eigenvalue weighted by Crippen LogP contribution is -2.40. The van der Waals surface area contributed by atoms with Crippen molar-refractivity contribution in [2.75, 3.05) is 27.2 Å². The molecule has 0 aromatic heterocycles. The number of hydrogen-bond donors (Lipinski definition) is 1. The van der Waals surface area contributed by atoms with E-state index in [4.69, 9.17) is 23.2 Å². The van der Waals surface area contributed by atoms with Crippen molar-refractivity contribution in [3.63, 3.8) is 0 Å². The maximum Gasteiger partial charge on any atom is 0.0468 e. The quantitative estimate of drug-likeness (QED) is 0.914. The summed E-state index contributed by atoms with van der Waals surface area (Å²) in [6, 6.07) is 6.08. The van der Waals surface area contributed by atoms with Crippen molar-refractivity contribution in [3.8, 4) is 0 Å². The fourth-order valence-corrected chi connectivity index (χ4v) is 3.61. The molecule has 1 aromatic rings. The van der Waals surface area contributed by atoms with Crippen LogP contribution in [-0.2, 0) is 0 Å². The smallest absolute Gasteiger partial charge is 0.0468 e. The SMILES string of the molecule is CNCC1CCCN(C)C1c1c(Cl)cccc1Cl. The molecule has 18 heavy (non-hydrogen) atoms. The Morgan fingerprint density at radius 1 is 1.33 bits per heavy atom. The van der Waals surface area contributed by atoms with Gasteiger partial charge in [-0.05, 0) is 58.1 Å². The zero-order valence-electron chi connectivity index (χ0n) is 10.9. The van der Waals surface area contributed by atoms with Crippen molar-refractivity contribution in [1.82, 2.24) is 10.2 Å². The summed E-state index contributed by atoms with van der Waals surface area (Å²) in [7, 11) is 4.16. The third kappa shape index (κ3) is 2.83. The van der Waals surface area contributed by atoms with Crippen LogP contribution < -0.4 is 5.32 Å². The largest absolute Gasteiger partial charge is 0.319 e. The molecule has 1 aliphatic heterocycles. The van der Waals surface area contributed by atoms with Crippen molar-refractivity contribution in [2.24, 2.45) is 5.92 Å². The predicted molar refractivity (Wildman–Crippen MR) is 78.5 cm³/mol. The van der Waals surface area contributed by atoms with E-state index in [-0.39, 0.29) is 0 Å². The van der Waals surface area contributed by atoms with E-state index in [1.54, 1.807) is 0 Å². The third-order valence-electron chi connectivity index (χ3n) is 3.77. The Morgan fingerprint density at radius 2 is 2.00 bits per heavy atom. The molecule has 0 spiro atoms. The molecular weight excluding hydrogens is 267 g/mol. The van der Waals surface area contributed by atoms with Gasteiger partial charge >= 0.3 is 0 Å². The highest BCUT2D eigenvalue weighted by atomic mass is 35.5. The number of hydrogen-bond acceptors (Lipinski definition) is 2. The maximum absolute atomic E-state index is 6.36. The van der Waals surface area contributed by atoms with Crippen LogP contribution in [0.1, 0.15) is 24.4 Å². The summed E-state index contributed by atoms with van der Waals surface area (Å²) in [5.41, 5.74) is 1.09. The van der Waals surface area contributed by atoms with E-state index in [1.165, 1.54) is 12.8 Å². The number of halogens is 2. The molecular formula is C14H20Cl2N2. The summed E-state index contributed by atoms with van der Waals surface area (Å²) in [6.45, 7) is 2.10. The molecule has 1 heterocycles. The van der Waals surface area contributed by atoms with Gasteiger partial charge in [0.25, 0.3) is 0 Å². The molecule has 100 valence electrons. The first kappa shape index (κ1) is 14.1. The lowest BCUT2D eigenvalue weighted by molar-refractivity contribution is 0.121. The van der Waals surface area contributed by atoms with Crippen LogP contribution in [0.4, 0.5) is 0 Å². The molecule has 2 atom stereocenters. The van der Waals surface area contributed by atoms with Gasteiger partial charge in [0.05, 0.1) is 0 Å². The maximum atomic E-state index is 6.36. The summed E-state index contributed by atoms with van der Waals surface area (Å²) in [5.74, 6) is 0.561. The molecule has 1 N–H and O–H groups in total. The van der Waals surface area contributed by atoms with Gasteiger partial charge in [-0.25, -0.2) is 0 Å². The second-order valence-electron chi connectivity index (χ2n) is 5.02. The minimum absolute atomic E-state index is 0.312. The highest BCUT2D eigenvalue weighted by Gasteiger charge is 2.32. The molecule has 0 bridgehead atoms. The highest BCUT2D eigenvalue weighted by Crippen LogP contribution is 2.41. The molecule has 1 aliphatic rings. The van der Waals surface area contributed by atoms with E-state index >= 15 is 0 Å². The van der Waals surface area contributed by atoms with E-state index in [2.05, 4.69) is 17.3 Å². The van der Waals surface area contributed by atoms with Gasteiger partial charge in [-0.15, -0.1) is 0 Å². The summed E-state index contributed by atoms with van der Waals surface area (Å²) in [5, 5.41) is 4.84. The zero-order valence-corrected chi connectivity index (χ0v) is 12.4. The molecule has 0 amide bonds. The van der Waals surface area contributed by atoms with Gasteiger partial charge in [0.2, 0.25) is 0 Å². The van der Waals surface area contributed by atoms with E-state index in [9.17, 15) is 0 Å². The van der Waals surface area contributed by atoms with Crippen molar-refractivity contribution in [3.05, 3.63) is 33.8 Å². The normalized spacial score (nSPS) is 25.3. The topological polar surface area (TPSA) is 15.3 Å². The van der Waals surface area contributed by atoms with Crippen LogP contribution in [0.15, 0.2) is 18.2 Å². The van der Waals surface area contributed by atoms with Gasteiger partial charge in [-0.3, -0.25) is 4.90 Å². The monoisotopic (exact) mass is 286 g/mol. The van der Waals surface area contributed by atoms with Gasteiger partial charge in [-0.1, -0.05) is 29.3 Å². The van der Waals surface area contributed by atoms with Crippen LogP contribution in [0, 0.1) is 5.92 Å². The second-order valence-corrected chi connectivity index (χ2v) is 5.84. The van der Waals surface area contributed by atoms with Crippen LogP contribution in [-0.4, -0.2) is 32.1 Å². The standard InChI is InChI=1S/C14H20Cl2N2/c1-17-9-10-5-4-8-18(2)14(10)13-11(15)6-3-7-12(13)16/h3,6-7,10,14,17H,4-5,8-9H2,1-2H3. The van der Waals surface area contributed by atoms with Crippen molar-refractivity contribution in [2.45, 2.75) is 18.9 Å². The number of nitrogens with zero attached hydrogens (tertiary/aromatic N) is 1. The second kappa shape index (κ2) is 6.25. The summed E-state index contributed by atoms with van der Waals surface area (Å²) in [6.07, 6.45) is 2.46.